The molecule has 1 heterocycles. The number of alkyl halides is 2. The highest BCUT2D eigenvalue weighted by Crippen LogP contribution is 2.38. The smallest absolute Gasteiger partial charge is 0.0847 e. The van der Waals surface area contributed by atoms with E-state index in [1.54, 1.807) is 0 Å². The lowest BCUT2D eigenvalue weighted by Crippen LogP contribution is -2.34. The van der Waals surface area contributed by atoms with Gasteiger partial charge in [0, 0.05) is 34.0 Å². The summed E-state index contributed by atoms with van der Waals surface area (Å²) in [6, 6.07) is 8.33. The normalized spacial score (nSPS) is 11.9. The standard InChI is InChI=1S/C15H16Br3ClN2/c1-10-14(19)13(21(2)20-10)7-15(8-16,9-17)11-5-3-4-6-12(11)18/h3-6H,7-9H2,1-2H3. The zero-order valence-corrected chi connectivity index (χ0v) is 17.4. The minimum absolute atomic E-state index is 0.0933. The number of nitrogens with zero attached hydrogens (tertiary/aromatic N) is 2. The summed E-state index contributed by atoms with van der Waals surface area (Å²) in [6.45, 7) is 1.94. The Morgan fingerprint density at radius 1 is 1.24 bits per heavy atom. The second kappa shape index (κ2) is 7.16. The Morgan fingerprint density at radius 2 is 1.86 bits per heavy atom. The van der Waals surface area contributed by atoms with Crippen LogP contribution in [0.4, 0.5) is 0 Å². The molecular weight excluding hydrogens is 483 g/mol. The van der Waals surface area contributed by atoms with Crippen LogP contribution in [0.2, 0.25) is 5.02 Å². The van der Waals surface area contributed by atoms with Gasteiger partial charge >= 0.3 is 0 Å². The van der Waals surface area contributed by atoms with Crippen molar-refractivity contribution in [2.45, 2.75) is 18.8 Å². The highest BCUT2D eigenvalue weighted by Gasteiger charge is 2.34. The van der Waals surface area contributed by atoms with E-state index in [0.29, 0.717) is 0 Å². The predicted molar refractivity (Wildman–Crippen MR) is 100 cm³/mol. The number of aromatic nitrogens is 2. The molecule has 0 amide bonds. The number of benzene rings is 1. The molecule has 6 heteroatoms. The van der Waals surface area contributed by atoms with E-state index >= 15 is 0 Å². The van der Waals surface area contributed by atoms with E-state index in [0.717, 1.165) is 38.0 Å². The first-order valence-corrected chi connectivity index (χ1v) is 9.91. The number of halogens is 4. The molecule has 0 aliphatic rings. The third kappa shape index (κ3) is 3.41. The highest BCUT2D eigenvalue weighted by molar-refractivity contribution is 9.10. The van der Waals surface area contributed by atoms with E-state index in [-0.39, 0.29) is 5.41 Å². The van der Waals surface area contributed by atoms with Gasteiger partial charge in [0.05, 0.1) is 16.4 Å². The molecule has 2 rings (SSSR count). The first-order chi connectivity index (χ1) is 9.95. The zero-order chi connectivity index (χ0) is 15.6. The van der Waals surface area contributed by atoms with Gasteiger partial charge in [-0.25, -0.2) is 0 Å². The molecule has 0 atom stereocenters. The van der Waals surface area contributed by atoms with Crippen LogP contribution in [0.25, 0.3) is 0 Å². The Morgan fingerprint density at radius 3 is 2.33 bits per heavy atom. The monoisotopic (exact) mass is 496 g/mol. The van der Waals surface area contributed by atoms with Crippen LogP contribution in [0.5, 0.6) is 0 Å². The van der Waals surface area contributed by atoms with Crippen molar-refractivity contribution in [3.8, 4) is 0 Å². The lowest BCUT2D eigenvalue weighted by atomic mass is 9.80. The third-order valence-corrected chi connectivity index (χ3v) is 7.05. The lowest BCUT2D eigenvalue weighted by molar-refractivity contribution is 0.521. The van der Waals surface area contributed by atoms with Crippen LogP contribution in [-0.2, 0) is 18.9 Å². The Bertz CT molecular complexity index is 636. The van der Waals surface area contributed by atoms with Gasteiger partial charge in [0.2, 0.25) is 0 Å². The molecule has 0 spiro atoms. The summed E-state index contributed by atoms with van der Waals surface area (Å²) >= 11 is 17.5. The van der Waals surface area contributed by atoms with Crippen molar-refractivity contribution in [3.63, 3.8) is 0 Å². The van der Waals surface area contributed by atoms with Crippen LogP contribution in [0, 0.1) is 6.92 Å². The van der Waals surface area contributed by atoms with Gasteiger partial charge in [-0.3, -0.25) is 4.68 Å². The molecule has 0 N–H and O–H groups in total. The van der Waals surface area contributed by atoms with Gasteiger partial charge < -0.3 is 0 Å². The van der Waals surface area contributed by atoms with E-state index in [2.05, 4.69) is 71.1 Å². The first kappa shape index (κ1) is 17.5. The van der Waals surface area contributed by atoms with Gasteiger partial charge in [0.15, 0.2) is 0 Å². The van der Waals surface area contributed by atoms with E-state index < -0.39 is 0 Å². The summed E-state index contributed by atoms with van der Waals surface area (Å²) in [5, 5.41) is 6.84. The molecule has 0 radical (unpaired) electrons. The van der Waals surface area contributed by atoms with Crippen LogP contribution >= 0.6 is 59.4 Å². The Labute approximate surface area is 155 Å². The van der Waals surface area contributed by atoms with Gasteiger partial charge in [-0.05, 0) is 18.6 Å². The maximum atomic E-state index is 6.44. The second-order valence-electron chi connectivity index (χ2n) is 5.17. The quantitative estimate of drug-likeness (QED) is 0.503. The fourth-order valence-corrected chi connectivity index (χ4v) is 5.31. The highest BCUT2D eigenvalue weighted by atomic mass is 79.9. The second-order valence-corrected chi connectivity index (χ2v) is 7.53. The molecule has 0 saturated heterocycles. The fraction of sp³-hybridized carbons (Fsp3) is 0.400. The molecule has 0 unspecified atom stereocenters. The predicted octanol–water partition coefficient (Wildman–Crippen LogP) is 5.41. The molecule has 0 aliphatic carbocycles. The van der Waals surface area contributed by atoms with E-state index in [1.165, 1.54) is 5.56 Å². The molecular formula is C15H16Br3ClN2. The van der Waals surface area contributed by atoms with Crippen LogP contribution in [0.3, 0.4) is 0 Å². The van der Waals surface area contributed by atoms with Crippen molar-refractivity contribution >= 4 is 59.4 Å². The molecule has 1 aromatic heterocycles. The Kier molecular flexibility index (Phi) is 5.97. The van der Waals surface area contributed by atoms with Crippen molar-refractivity contribution in [2.75, 3.05) is 10.7 Å². The molecule has 114 valence electrons. The van der Waals surface area contributed by atoms with Gasteiger partial charge in [-0.15, -0.1) is 0 Å². The average molecular weight is 499 g/mol. The van der Waals surface area contributed by atoms with Crippen molar-refractivity contribution in [3.05, 3.63) is 50.7 Å². The number of hydrogen-bond acceptors (Lipinski definition) is 1. The number of hydrogen-bond donors (Lipinski definition) is 0. The van der Waals surface area contributed by atoms with Gasteiger partial charge in [-0.1, -0.05) is 77.6 Å². The van der Waals surface area contributed by atoms with Crippen molar-refractivity contribution in [1.29, 1.82) is 0 Å². The maximum absolute atomic E-state index is 6.44. The Hall–Kier alpha value is 0.160. The van der Waals surface area contributed by atoms with E-state index in [9.17, 15) is 0 Å². The minimum Gasteiger partial charge on any atom is -0.271 e. The molecule has 21 heavy (non-hydrogen) atoms. The molecule has 1 aromatic carbocycles. The van der Waals surface area contributed by atoms with Crippen LogP contribution in [0.15, 0.2) is 28.7 Å². The molecule has 0 saturated carbocycles. The number of aryl methyl sites for hydroxylation is 2. The summed E-state index contributed by atoms with van der Waals surface area (Å²) in [6.07, 6.45) is 0.808. The van der Waals surface area contributed by atoms with Crippen molar-refractivity contribution in [2.24, 2.45) is 7.05 Å². The molecule has 0 aliphatic heterocycles. The largest absolute Gasteiger partial charge is 0.271 e. The van der Waals surface area contributed by atoms with Crippen LogP contribution < -0.4 is 0 Å². The zero-order valence-electron chi connectivity index (χ0n) is 11.8. The van der Waals surface area contributed by atoms with Gasteiger partial charge in [-0.2, -0.15) is 5.10 Å². The third-order valence-electron chi connectivity index (χ3n) is 3.72. The summed E-state index contributed by atoms with van der Waals surface area (Å²) in [5.74, 6) is 0. The first-order valence-electron chi connectivity index (χ1n) is 6.50. The Balaban J connectivity index is 2.51. The van der Waals surface area contributed by atoms with Crippen molar-refractivity contribution in [1.82, 2.24) is 9.78 Å². The SMILES string of the molecule is Cc1nn(C)c(CC(CBr)(CBr)c2ccccc2Br)c1Cl. The van der Waals surface area contributed by atoms with E-state index in [4.69, 9.17) is 11.6 Å². The lowest BCUT2D eigenvalue weighted by Gasteiger charge is -2.32. The van der Waals surface area contributed by atoms with E-state index in [1.807, 2.05) is 24.7 Å². The molecule has 2 nitrogen and oxygen atoms in total. The summed E-state index contributed by atoms with van der Waals surface area (Å²) in [5.41, 5.74) is 3.10. The van der Waals surface area contributed by atoms with Crippen LogP contribution in [-0.4, -0.2) is 20.4 Å². The van der Waals surface area contributed by atoms with Crippen molar-refractivity contribution < 1.29 is 0 Å². The fourth-order valence-electron chi connectivity index (χ4n) is 2.45. The molecule has 0 bridgehead atoms. The van der Waals surface area contributed by atoms with Gasteiger partial charge in [0.25, 0.3) is 0 Å². The van der Waals surface area contributed by atoms with Crippen LogP contribution in [0.1, 0.15) is 17.0 Å². The maximum Gasteiger partial charge on any atom is 0.0847 e. The topological polar surface area (TPSA) is 17.8 Å². The average Bonchev–Trinajstić information content (AvgIpc) is 2.71. The number of rotatable bonds is 5. The summed E-state index contributed by atoms with van der Waals surface area (Å²) in [7, 11) is 1.95. The molecule has 2 aromatic rings. The minimum atomic E-state index is -0.0933. The van der Waals surface area contributed by atoms with Gasteiger partial charge in [0.1, 0.15) is 0 Å². The molecule has 0 fully saturated rings. The summed E-state index contributed by atoms with van der Waals surface area (Å²) < 4.78 is 2.99. The summed E-state index contributed by atoms with van der Waals surface area (Å²) in [4.78, 5) is 0.